The molecule has 7 nitrogen and oxygen atoms in total. The lowest BCUT2D eigenvalue weighted by atomic mass is 9.80. The first-order valence-corrected chi connectivity index (χ1v) is 9.97. The maximum absolute atomic E-state index is 15.1. The van der Waals surface area contributed by atoms with Gasteiger partial charge >= 0.3 is 0 Å². The van der Waals surface area contributed by atoms with Gasteiger partial charge in [0.25, 0.3) is 6.02 Å². The van der Waals surface area contributed by atoms with Crippen molar-refractivity contribution in [1.29, 1.82) is 0 Å². The molecular weight excluding hydrogens is 418 g/mol. The summed E-state index contributed by atoms with van der Waals surface area (Å²) in [5.41, 5.74) is 5.80. The van der Waals surface area contributed by atoms with Crippen LogP contribution in [-0.4, -0.2) is 34.9 Å². The van der Waals surface area contributed by atoms with Crippen molar-refractivity contribution < 1.29 is 23.0 Å². The first-order valence-electron chi connectivity index (χ1n) is 9.97. The Balaban J connectivity index is 1.66. The van der Waals surface area contributed by atoms with Crippen molar-refractivity contribution in [2.24, 2.45) is 10.7 Å². The van der Waals surface area contributed by atoms with E-state index < -0.39 is 17.0 Å². The van der Waals surface area contributed by atoms with Gasteiger partial charge in [-0.1, -0.05) is 6.07 Å². The second-order valence-electron chi connectivity index (χ2n) is 8.33. The van der Waals surface area contributed by atoms with Gasteiger partial charge in [-0.25, -0.2) is 23.7 Å². The number of nitrogens with zero attached hydrogens (tertiary/aromatic N) is 3. The molecule has 0 saturated heterocycles. The summed E-state index contributed by atoms with van der Waals surface area (Å²) in [6.07, 6.45) is 4.82. The number of ether oxygens (including phenoxy) is 3. The Labute approximate surface area is 182 Å². The van der Waals surface area contributed by atoms with Gasteiger partial charge in [0, 0.05) is 35.2 Å². The van der Waals surface area contributed by atoms with Crippen molar-refractivity contribution in [2.45, 2.75) is 25.1 Å². The fourth-order valence-corrected chi connectivity index (χ4v) is 3.85. The molecular formula is C23H20F2N4O3. The zero-order chi connectivity index (χ0) is 22.5. The van der Waals surface area contributed by atoms with Crippen LogP contribution in [0.4, 0.5) is 8.78 Å². The average molecular weight is 438 g/mol. The van der Waals surface area contributed by atoms with Gasteiger partial charge < -0.3 is 19.9 Å². The molecule has 164 valence electrons. The summed E-state index contributed by atoms with van der Waals surface area (Å²) >= 11 is 0. The van der Waals surface area contributed by atoms with Crippen LogP contribution >= 0.6 is 0 Å². The SMILES string of the molecule is CC(C)(F)COc1cc(F)c2c(c1)[C@]1(COC(N)=N1)c1cc(-c3cncnc3)ccc1O2. The highest BCUT2D eigenvalue weighted by Gasteiger charge is 2.48. The molecule has 2 aliphatic rings. The van der Waals surface area contributed by atoms with E-state index in [2.05, 4.69) is 15.0 Å². The monoisotopic (exact) mass is 438 g/mol. The molecule has 2 aliphatic heterocycles. The third kappa shape index (κ3) is 3.39. The summed E-state index contributed by atoms with van der Waals surface area (Å²) < 4.78 is 46.0. The number of rotatable bonds is 4. The largest absolute Gasteiger partial charge is 0.490 e. The third-order valence-corrected chi connectivity index (χ3v) is 5.31. The first-order chi connectivity index (χ1) is 15.2. The number of aliphatic imine (C=N–C) groups is 1. The molecule has 3 aromatic rings. The normalized spacial score (nSPS) is 18.9. The Hall–Kier alpha value is -3.75. The van der Waals surface area contributed by atoms with Gasteiger partial charge in [0.1, 0.15) is 36.7 Å². The maximum Gasteiger partial charge on any atom is 0.283 e. The summed E-state index contributed by atoms with van der Waals surface area (Å²) in [6, 6.07) is 8.19. The highest BCUT2D eigenvalue weighted by atomic mass is 19.1. The van der Waals surface area contributed by atoms with E-state index in [-0.39, 0.29) is 30.7 Å². The number of fused-ring (bicyclic) bond motifs is 4. The second-order valence-corrected chi connectivity index (χ2v) is 8.33. The van der Waals surface area contributed by atoms with Crippen molar-refractivity contribution >= 4 is 6.02 Å². The van der Waals surface area contributed by atoms with E-state index in [0.717, 1.165) is 11.1 Å². The first kappa shape index (κ1) is 20.2. The van der Waals surface area contributed by atoms with Crippen LogP contribution in [0.2, 0.25) is 0 Å². The lowest BCUT2D eigenvalue weighted by molar-refractivity contribution is 0.120. The summed E-state index contributed by atoms with van der Waals surface area (Å²) in [5.74, 6) is -0.0631. The molecule has 2 N–H and O–H groups in total. The lowest BCUT2D eigenvalue weighted by Crippen LogP contribution is -2.31. The second kappa shape index (κ2) is 7.15. The number of aromatic nitrogens is 2. The van der Waals surface area contributed by atoms with Crippen LogP contribution in [0.25, 0.3) is 11.1 Å². The zero-order valence-electron chi connectivity index (χ0n) is 17.4. The van der Waals surface area contributed by atoms with Crippen LogP contribution in [0.5, 0.6) is 17.2 Å². The van der Waals surface area contributed by atoms with Crippen molar-refractivity contribution in [1.82, 2.24) is 9.97 Å². The minimum absolute atomic E-state index is 0.00204. The van der Waals surface area contributed by atoms with Crippen LogP contribution in [0, 0.1) is 5.82 Å². The molecule has 0 unspecified atom stereocenters. The van der Waals surface area contributed by atoms with Crippen LogP contribution in [0.1, 0.15) is 25.0 Å². The number of halogens is 2. The minimum atomic E-state index is -1.58. The summed E-state index contributed by atoms with van der Waals surface area (Å²) in [4.78, 5) is 12.7. The fourth-order valence-electron chi connectivity index (χ4n) is 3.85. The van der Waals surface area contributed by atoms with Crippen molar-refractivity contribution in [3.8, 4) is 28.4 Å². The number of benzene rings is 2. The molecule has 1 spiro atoms. The molecule has 32 heavy (non-hydrogen) atoms. The number of hydrogen-bond donors (Lipinski definition) is 1. The van der Waals surface area contributed by atoms with E-state index in [1.165, 1.54) is 26.2 Å². The Morgan fingerprint density at radius 1 is 1.12 bits per heavy atom. The van der Waals surface area contributed by atoms with Gasteiger partial charge in [-0.2, -0.15) is 0 Å². The Morgan fingerprint density at radius 2 is 1.91 bits per heavy atom. The minimum Gasteiger partial charge on any atom is -0.490 e. The standard InChI is InChI=1S/C23H20F2N4O3/c1-22(2,25)10-30-15-6-17-20(18(24)7-15)32-19-4-3-13(14-8-27-12-28-9-14)5-16(19)23(17)11-31-21(26)29-23/h3-9,12H,10-11H2,1-2H3,(H2,26,29)/t23-/m0/s1. The molecule has 1 atom stereocenters. The Morgan fingerprint density at radius 3 is 2.59 bits per heavy atom. The molecule has 1 aromatic heterocycles. The predicted molar refractivity (Wildman–Crippen MR) is 113 cm³/mol. The quantitative estimate of drug-likeness (QED) is 0.659. The summed E-state index contributed by atoms with van der Waals surface area (Å²) in [7, 11) is 0. The third-order valence-electron chi connectivity index (χ3n) is 5.31. The smallest absolute Gasteiger partial charge is 0.283 e. The van der Waals surface area contributed by atoms with Gasteiger partial charge in [-0.15, -0.1) is 0 Å². The fraction of sp³-hybridized carbons (Fsp3) is 0.261. The Kier molecular flexibility index (Phi) is 4.51. The van der Waals surface area contributed by atoms with Gasteiger partial charge in [0.15, 0.2) is 17.1 Å². The zero-order valence-corrected chi connectivity index (χ0v) is 17.4. The highest BCUT2D eigenvalue weighted by molar-refractivity contribution is 5.78. The predicted octanol–water partition coefficient (Wildman–Crippen LogP) is 4.10. The lowest BCUT2D eigenvalue weighted by Gasteiger charge is -2.34. The van der Waals surface area contributed by atoms with Gasteiger partial charge in [-0.05, 0) is 37.6 Å². The van der Waals surface area contributed by atoms with Crippen molar-refractivity contribution in [2.75, 3.05) is 13.2 Å². The molecule has 9 heteroatoms. The molecule has 0 saturated carbocycles. The summed E-state index contributed by atoms with van der Waals surface area (Å²) in [5, 5.41) is 0. The number of nitrogens with two attached hydrogens (primary N) is 1. The van der Waals surface area contributed by atoms with Gasteiger partial charge in [0.2, 0.25) is 0 Å². The topological polar surface area (TPSA) is 91.9 Å². The molecule has 0 aliphatic carbocycles. The van der Waals surface area contributed by atoms with Gasteiger partial charge in [0.05, 0.1) is 0 Å². The molecule has 0 amide bonds. The molecule has 0 fully saturated rings. The van der Waals surface area contributed by atoms with E-state index in [1.54, 1.807) is 24.5 Å². The molecule has 0 radical (unpaired) electrons. The highest BCUT2D eigenvalue weighted by Crippen LogP contribution is 2.53. The molecule has 2 aromatic carbocycles. The van der Waals surface area contributed by atoms with E-state index in [0.29, 0.717) is 16.9 Å². The van der Waals surface area contributed by atoms with Gasteiger partial charge in [-0.3, -0.25) is 0 Å². The van der Waals surface area contributed by atoms with E-state index in [4.69, 9.17) is 19.9 Å². The average Bonchev–Trinajstić information content (AvgIpc) is 3.15. The van der Waals surface area contributed by atoms with E-state index >= 15 is 4.39 Å². The van der Waals surface area contributed by atoms with Crippen molar-refractivity contribution in [3.05, 3.63) is 66.0 Å². The number of hydrogen-bond acceptors (Lipinski definition) is 7. The van der Waals surface area contributed by atoms with Crippen LogP contribution in [0.15, 0.2) is 54.0 Å². The molecule has 5 rings (SSSR count). The Bertz CT molecular complexity index is 1230. The molecule has 0 bridgehead atoms. The number of amidine groups is 1. The van der Waals surface area contributed by atoms with Crippen LogP contribution in [0.3, 0.4) is 0 Å². The van der Waals surface area contributed by atoms with E-state index in [9.17, 15) is 4.39 Å². The van der Waals surface area contributed by atoms with Crippen LogP contribution in [-0.2, 0) is 10.3 Å². The summed E-state index contributed by atoms with van der Waals surface area (Å²) in [6.45, 7) is 2.57. The van der Waals surface area contributed by atoms with Crippen LogP contribution < -0.4 is 15.2 Å². The van der Waals surface area contributed by atoms with E-state index in [1.807, 2.05) is 12.1 Å². The molecule has 3 heterocycles. The van der Waals surface area contributed by atoms with Crippen molar-refractivity contribution in [3.63, 3.8) is 0 Å². The number of alkyl halides is 1. The maximum atomic E-state index is 15.1.